The van der Waals surface area contributed by atoms with Crippen molar-refractivity contribution in [2.45, 2.75) is 6.18 Å². The molecule has 29 heavy (non-hydrogen) atoms. The van der Waals surface area contributed by atoms with Gasteiger partial charge in [-0.3, -0.25) is 0 Å². The summed E-state index contributed by atoms with van der Waals surface area (Å²) in [4.78, 5) is 0. The smallest absolute Gasteiger partial charge is 0.416 e. The molecule has 0 fully saturated rings. The highest BCUT2D eigenvalue weighted by molar-refractivity contribution is 6.28. The van der Waals surface area contributed by atoms with Crippen molar-refractivity contribution in [3.8, 4) is 28.5 Å². The molecule has 0 bridgehead atoms. The predicted octanol–water partition coefficient (Wildman–Crippen LogP) is 5.26. The van der Waals surface area contributed by atoms with Gasteiger partial charge in [0.1, 0.15) is 11.5 Å². The molecule has 10 heteroatoms. The second-order valence-corrected chi connectivity index (χ2v) is 6.29. The van der Waals surface area contributed by atoms with Gasteiger partial charge in [-0.1, -0.05) is 12.1 Å². The molecule has 4 rings (SSSR count). The van der Waals surface area contributed by atoms with Crippen molar-refractivity contribution in [1.29, 1.82) is 0 Å². The molecule has 0 N–H and O–H groups in total. The summed E-state index contributed by atoms with van der Waals surface area (Å²) in [7, 11) is 1.48. The van der Waals surface area contributed by atoms with Crippen molar-refractivity contribution in [1.82, 2.24) is 19.8 Å². The maximum absolute atomic E-state index is 13.1. The molecule has 0 saturated carbocycles. The fourth-order valence-corrected chi connectivity index (χ4v) is 2.89. The monoisotopic (exact) mass is 420 g/mol. The quantitative estimate of drug-likeness (QED) is 0.450. The number of benzene rings is 2. The van der Waals surface area contributed by atoms with Crippen LogP contribution >= 0.6 is 11.6 Å². The first-order valence-electron chi connectivity index (χ1n) is 8.26. The summed E-state index contributed by atoms with van der Waals surface area (Å²) in [6.45, 7) is 0. The van der Waals surface area contributed by atoms with Crippen LogP contribution in [0.1, 0.15) is 5.56 Å². The summed E-state index contributed by atoms with van der Waals surface area (Å²) < 4.78 is 51.7. The fraction of sp³-hybridized carbons (Fsp3) is 0.105. The van der Waals surface area contributed by atoms with Crippen LogP contribution in [0.15, 0.2) is 54.6 Å². The average molecular weight is 421 g/mol. The van der Waals surface area contributed by atoms with E-state index in [1.54, 1.807) is 36.4 Å². The topological polar surface area (TPSA) is 61.5 Å². The van der Waals surface area contributed by atoms with Crippen molar-refractivity contribution < 1.29 is 22.6 Å². The Labute approximate surface area is 167 Å². The predicted molar refractivity (Wildman–Crippen MR) is 99.3 cm³/mol. The molecule has 148 valence electrons. The van der Waals surface area contributed by atoms with Crippen LogP contribution in [0.3, 0.4) is 0 Å². The van der Waals surface area contributed by atoms with E-state index in [1.165, 1.54) is 17.7 Å². The number of rotatable bonds is 4. The zero-order valence-electron chi connectivity index (χ0n) is 14.8. The van der Waals surface area contributed by atoms with Crippen LogP contribution in [0.4, 0.5) is 13.2 Å². The Morgan fingerprint density at radius 3 is 2.59 bits per heavy atom. The lowest BCUT2D eigenvalue weighted by Crippen LogP contribution is -2.04. The zero-order chi connectivity index (χ0) is 20.6. The van der Waals surface area contributed by atoms with Gasteiger partial charge < -0.3 is 9.47 Å². The van der Waals surface area contributed by atoms with E-state index < -0.39 is 11.7 Å². The van der Waals surface area contributed by atoms with Crippen LogP contribution in [0.25, 0.3) is 16.8 Å². The second-order valence-electron chi connectivity index (χ2n) is 5.95. The molecule has 6 nitrogen and oxygen atoms in total. The Morgan fingerprint density at radius 2 is 1.83 bits per heavy atom. The maximum Gasteiger partial charge on any atom is 0.416 e. The lowest BCUT2D eigenvalue weighted by molar-refractivity contribution is -0.137. The molecule has 0 aliphatic rings. The van der Waals surface area contributed by atoms with Gasteiger partial charge in [-0.05, 0) is 47.5 Å². The van der Waals surface area contributed by atoms with Crippen molar-refractivity contribution in [3.63, 3.8) is 0 Å². The van der Waals surface area contributed by atoms with E-state index in [4.69, 9.17) is 21.1 Å². The molecule has 0 atom stereocenters. The SMILES string of the molecule is COc1ccc(-c2cccc(C(F)(F)F)c2)c(Oc2ccc3nnc(Cl)n3n2)c1. The Kier molecular flexibility index (Phi) is 4.75. The Balaban J connectivity index is 1.79. The average Bonchev–Trinajstić information content (AvgIpc) is 3.08. The molecule has 2 aromatic heterocycles. The minimum Gasteiger partial charge on any atom is -0.497 e. The van der Waals surface area contributed by atoms with Gasteiger partial charge in [-0.25, -0.2) is 0 Å². The number of fused-ring (bicyclic) bond motifs is 1. The lowest BCUT2D eigenvalue weighted by atomic mass is 10.0. The Hall–Kier alpha value is -3.33. The van der Waals surface area contributed by atoms with Gasteiger partial charge in [-0.15, -0.1) is 15.3 Å². The molecule has 2 heterocycles. The summed E-state index contributed by atoms with van der Waals surface area (Å²) >= 11 is 5.93. The number of aromatic nitrogens is 4. The highest BCUT2D eigenvalue weighted by Crippen LogP contribution is 2.38. The highest BCUT2D eigenvalue weighted by atomic mass is 35.5. The number of nitrogens with zero attached hydrogens (tertiary/aromatic N) is 4. The third-order valence-electron chi connectivity index (χ3n) is 4.10. The molecular weight excluding hydrogens is 409 g/mol. The van der Waals surface area contributed by atoms with Gasteiger partial charge >= 0.3 is 6.18 Å². The van der Waals surface area contributed by atoms with Crippen LogP contribution in [0.2, 0.25) is 5.28 Å². The maximum atomic E-state index is 13.1. The van der Waals surface area contributed by atoms with Crippen molar-refractivity contribution >= 4 is 17.2 Å². The standard InChI is InChI=1S/C19H12ClF3N4O2/c1-28-13-5-6-14(11-3-2-4-12(9-11)19(21,22)23)15(10-13)29-17-8-7-16-24-25-18(20)27(16)26-17/h2-10H,1H3. The molecule has 0 spiro atoms. The minimum absolute atomic E-state index is 0.0502. The molecule has 0 unspecified atom stereocenters. The molecule has 0 aliphatic heterocycles. The number of alkyl halides is 3. The van der Waals surface area contributed by atoms with Crippen molar-refractivity contribution in [2.75, 3.05) is 7.11 Å². The van der Waals surface area contributed by atoms with E-state index in [0.29, 0.717) is 22.5 Å². The van der Waals surface area contributed by atoms with E-state index in [1.807, 2.05) is 0 Å². The van der Waals surface area contributed by atoms with Crippen molar-refractivity contribution in [3.05, 3.63) is 65.4 Å². The summed E-state index contributed by atoms with van der Waals surface area (Å²) in [5, 5.41) is 11.8. The van der Waals surface area contributed by atoms with Crippen LogP contribution in [-0.2, 0) is 6.18 Å². The van der Waals surface area contributed by atoms with Crippen LogP contribution in [0, 0.1) is 0 Å². The number of hydrogen-bond donors (Lipinski definition) is 0. The van der Waals surface area contributed by atoms with E-state index in [9.17, 15) is 13.2 Å². The Bertz CT molecular complexity index is 1190. The first kappa shape index (κ1) is 19.0. The fourth-order valence-electron chi connectivity index (χ4n) is 2.73. The molecular formula is C19H12ClF3N4O2. The first-order valence-corrected chi connectivity index (χ1v) is 8.64. The molecule has 0 saturated heterocycles. The molecule has 0 amide bonds. The summed E-state index contributed by atoms with van der Waals surface area (Å²) in [6.07, 6.45) is -4.46. The van der Waals surface area contributed by atoms with Gasteiger partial charge in [0.25, 0.3) is 0 Å². The molecule has 2 aromatic carbocycles. The van der Waals surface area contributed by atoms with E-state index in [-0.39, 0.29) is 16.9 Å². The van der Waals surface area contributed by atoms with E-state index in [0.717, 1.165) is 12.1 Å². The van der Waals surface area contributed by atoms with Crippen LogP contribution < -0.4 is 9.47 Å². The summed E-state index contributed by atoms with van der Waals surface area (Å²) in [5.74, 6) is 0.888. The number of hydrogen-bond acceptors (Lipinski definition) is 5. The van der Waals surface area contributed by atoms with Gasteiger partial charge in [0.05, 0.1) is 12.7 Å². The summed E-state index contributed by atoms with van der Waals surface area (Å²) in [5.41, 5.74) is 0.438. The molecule has 0 radical (unpaired) electrons. The van der Waals surface area contributed by atoms with Crippen LogP contribution in [-0.4, -0.2) is 26.9 Å². The minimum atomic E-state index is -4.46. The van der Waals surface area contributed by atoms with Gasteiger partial charge in [0, 0.05) is 17.7 Å². The van der Waals surface area contributed by atoms with E-state index in [2.05, 4.69) is 15.3 Å². The van der Waals surface area contributed by atoms with Crippen molar-refractivity contribution in [2.24, 2.45) is 0 Å². The largest absolute Gasteiger partial charge is 0.497 e. The highest BCUT2D eigenvalue weighted by Gasteiger charge is 2.30. The zero-order valence-corrected chi connectivity index (χ0v) is 15.6. The Morgan fingerprint density at radius 1 is 1.00 bits per heavy atom. The van der Waals surface area contributed by atoms with Gasteiger partial charge in [0.15, 0.2) is 5.65 Å². The third-order valence-corrected chi connectivity index (χ3v) is 4.34. The van der Waals surface area contributed by atoms with E-state index >= 15 is 0 Å². The number of methoxy groups -OCH3 is 1. The molecule has 4 aromatic rings. The van der Waals surface area contributed by atoms with Gasteiger partial charge in [-0.2, -0.15) is 17.7 Å². The first-order chi connectivity index (χ1) is 13.8. The van der Waals surface area contributed by atoms with Gasteiger partial charge in [0.2, 0.25) is 11.2 Å². The normalized spacial score (nSPS) is 11.6. The van der Waals surface area contributed by atoms with Crippen LogP contribution in [0.5, 0.6) is 17.4 Å². The molecule has 0 aliphatic carbocycles. The number of halogens is 4. The summed E-state index contributed by atoms with van der Waals surface area (Å²) in [6, 6.07) is 12.9. The third kappa shape index (κ3) is 3.81. The lowest BCUT2D eigenvalue weighted by Gasteiger charge is -2.14. The second kappa shape index (κ2) is 7.25. The number of ether oxygens (including phenoxy) is 2.